The van der Waals surface area contributed by atoms with E-state index >= 15 is 0 Å². The molecule has 0 fully saturated rings. The summed E-state index contributed by atoms with van der Waals surface area (Å²) in [5, 5.41) is 14.4. The van der Waals surface area contributed by atoms with Gasteiger partial charge in [-0.2, -0.15) is 10.4 Å². The Labute approximate surface area is 123 Å². The molecule has 2 aromatic rings. The Morgan fingerprint density at radius 1 is 1.35 bits per heavy atom. The summed E-state index contributed by atoms with van der Waals surface area (Å²) >= 11 is 5.90. The van der Waals surface area contributed by atoms with E-state index in [1.165, 1.54) is 5.69 Å². The van der Waals surface area contributed by atoms with Gasteiger partial charge in [0.15, 0.2) is 5.69 Å². The summed E-state index contributed by atoms with van der Waals surface area (Å²) in [6.45, 7) is 2.49. The van der Waals surface area contributed by atoms with Crippen LogP contribution in [0.2, 0.25) is 5.02 Å². The molecule has 1 aliphatic heterocycles. The fourth-order valence-corrected chi connectivity index (χ4v) is 2.74. The van der Waals surface area contributed by atoms with Gasteiger partial charge >= 0.3 is 0 Å². The van der Waals surface area contributed by atoms with Gasteiger partial charge in [0.05, 0.1) is 6.54 Å². The van der Waals surface area contributed by atoms with Crippen molar-refractivity contribution in [3.8, 4) is 6.07 Å². The maximum absolute atomic E-state index is 9.23. The lowest BCUT2D eigenvalue weighted by Crippen LogP contribution is -2.27. The number of hydrogen-bond donors (Lipinski definition) is 0. The number of aromatic nitrogens is 2. The van der Waals surface area contributed by atoms with Crippen LogP contribution in [-0.4, -0.2) is 28.3 Å². The molecule has 0 aliphatic carbocycles. The summed E-state index contributed by atoms with van der Waals surface area (Å²) in [7, 11) is 2.07. The highest BCUT2D eigenvalue weighted by molar-refractivity contribution is 6.30. The molecule has 102 valence electrons. The zero-order chi connectivity index (χ0) is 14.1. The highest BCUT2D eigenvalue weighted by Crippen LogP contribution is 2.22. The highest BCUT2D eigenvalue weighted by atomic mass is 35.5. The van der Waals surface area contributed by atoms with E-state index in [4.69, 9.17) is 11.6 Å². The summed E-state index contributed by atoms with van der Waals surface area (Å²) in [6.07, 6.45) is 0.939. The first-order valence-electron chi connectivity index (χ1n) is 6.59. The quantitative estimate of drug-likeness (QED) is 0.852. The first-order valence-corrected chi connectivity index (χ1v) is 6.97. The molecule has 1 aliphatic rings. The Bertz CT molecular complexity index is 666. The number of nitrogens with zero attached hydrogens (tertiary/aromatic N) is 4. The molecule has 2 heterocycles. The molecule has 1 aromatic heterocycles. The SMILES string of the molecule is CN1CCc2c(c(C#N)nn2Cc2ccc(Cl)cc2)C1. The molecule has 0 spiro atoms. The van der Waals surface area contributed by atoms with E-state index in [2.05, 4.69) is 23.1 Å². The van der Waals surface area contributed by atoms with Crippen LogP contribution >= 0.6 is 11.6 Å². The molecule has 0 N–H and O–H groups in total. The smallest absolute Gasteiger partial charge is 0.167 e. The van der Waals surface area contributed by atoms with E-state index in [0.717, 1.165) is 35.7 Å². The van der Waals surface area contributed by atoms with Crippen LogP contribution in [0.5, 0.6) is 0 Å². The largest absolute Gasteiger partial charge is 0.302 e. The van der Waals surface area contributed by atoms with Gasteiger partial charge in [0.2, 0.25) is 0 Å². The molecule has 4 nitrogen and oxygen atoms in total. The molecule has 3 rings (SSSR count). The number of nitriles is 1. The normalized spacial score (nSPS) is 14.8. The number of halogens is 1. The average Bonchev–Trinajstić information content (AvgIpc) is 2.78. The van der Waals surface area contributed by atoms with Crippen molar-refractivity contribution in [1.82, 2.24) is 14.7 Å². The van der Waals surface area contributed by atoms with Crippen LogP contribution in [0.15, 0.2) is 24.3 Å². The van der Waals surface area contributed by atoms with Crippen LogP contribution in [0.1, 0.15) is 22.5 Å². The van der Waals surface area contributed by atoms with Crippen molar-refractivity contribution >= 4 is 11.6 Å². The van der Waals surface area contributed by atoms with Gasteiger partial charge in [0.25, 0.3) is 0 Å². The van der Waals surface area contributed by atoms with Gasteiger partial charge < -0.3 is 4.90 Å². The zero-order valence-electron chi connectivity index (χ0n) is 11.3. The molecule has 20 heavy (non-hydrogen) atoms. The lowest BCUT2D eigenvalue weighted by atomic mass is 10.1. The van der Waals surface area contributed by atoms with E-state index in [0.29, 0.717) is 12.2 Å². The van der Waals surface area contributed by atoms with Crippen LogP contribution in [0.4, 0.5) is 0 Å². The van der Waals surface area contributed by atoms with Crippen LogP contribution < -0.4 is 0 Å². The number of rotatable bonds is 2. The molecule has 0 bridgehead atoms. The number of fused-ring (bicyclic) bond motifs is 1. The van der Waals surface area contributed by atoms with Gasteiger partial charge in [-0.15, -0.1) is 0 Å². The van der Waals surface area contributed by atoms with Crippen LogP contribution in [0.3, 0.4) is 0 Å². The third-order valence-corrected chi connectivity index (χ3v) is 3.93. The minimum absolute atomic E-state index is 0.556. The zero-order valence-corrected chi connectivity index (χ0v) is 12.1. The van der Waals surface area contributed by atoms with Gasteiger partial charge in [-0.1, -0.05) is 23.7 Å². The molecular formula is C15H15ClN4. The van der Waals surface area contributed by atoms with Gasteiger partial charge in [-0.25, -0.2) is 0 Å². The molecule has 0 saturated carbocycles. The molecule has 0 saturated heterocycles. The second kappa shape index (κ2) is 5.28. The summed E-state index contributed by atoms with van der Waals surface area (Å²) in [5.41, 5.74) is 3.97. The molecule has 0 unspecified atom stereocenters. The van der Waals surface area contributed by atoms with Gasteiger partial charge in [-0.05, 0) is 24.7 Å². The van der Waals surface area contributed by atoms with Crippen molar-refractivity contribution in [3.63, 3.8) is 0 Å². The van der Waals surface area contributed by atoms with Crippen LogP contribution in [0, 0.1) is 11.3 Å². The van der Waals surface area contributed by atoms with Crippen LogP contribution in [0.25, 0.3) is 0 Å². The molecule has 0 atom stereocenters. The Morgan fingerprint density at radius 2 is 2.10 bits per heavy atom. The van der Waals surface area contributed by atoms with E-state index in [1.807, 2.05) is 28.9 Å². The van der Waals surface area contributed by atoms with E-state index in [1.54, 1.807) is 0 Å². The van der Waals surface area contributed by atoms with E-state index in [9.17, 15) is 5.26 Å². The minimum Gasteiger partial charge on any atom is -0.302 e. The number of likely N-dealkylation sites (N-methyl/N-ethyl adjacent to an activating group) is 1. The Kier molecular flexibility index (Phi) is 3.47. The predicted molar refractivity (Wildman–Crippen MR) is 77.5 cm³/mol. The summed E-state index contributed by atoms with van der Waals surface area (Å²) in [4.78, 5) is 2.22. The lowest BCUT2D eigenvalue weighted by Gasteiger charge is -2.23. The van der Waals surface area contributed by atoms with Gasteiger partial charge in [-0.3, -0.25) is 4.68 Å². The Morgan fingerprint density at radius 3 is 2.80 bits per heavy atom. The highest BCUT2D eigenvalue weighted by Gasteiger charge is 2.23. The molecule has 0 amide bonds. The standard InChI is InChI=1S/C15H15ClN4/c1-19-7-6-15-13(10-19)14(8-17)18-20(15)9-11-2-4-12(16)5-3-11/h2-5H,6-7,9-10H2,1H3. The van der Waals surface area contributed by atoms with Crippen LogP contribution in [-0.2, 0) is 19.5 Å². The maximum atomic E-state index is 9.23. The van der Waals surface area contributed by atoms with Crippen molar-refractivity contribution in [3.05, 3.63) is 51.8 Å². The number of benzene rings is 1. The third kappa shape index (κ3) is 2.43. The Balaban J connectivity index is 1.94. The summed E-state index contributed by atoms with van der Waals surface area (Å²) < 4.78 is 1.96. The maximum Gasteiger partial charge on any atom is 0.167 e. The minimum atomic E-state index is 0.556. The van der Waals surface area contributed by atoms with Crippen molar-refractivity contribution in [1.29, 1.82) is 5.26 Å². The fraction of sp³-hybridized carbons (Fsp3) is 0.333. The molecular weight excluding hydrogens is 272 g/mol. The summed E-state index contributed by atoms with van der Waals surface area (Å²) in [6, 6.07) is 9.97. The second-order valence-corrected chi connectivity index (χ2v) is 5.59. The molecule has 5 heteroatoms. The fourth-order valence-electron chi connectivity index (χ4n) is 2.61. The predicted octanol–water partition coefficient (Wildman–Crippen LogP) is 2.44. The third-order valence-electron chi connectivity index (χ3n) is 3.68. The average molecular weight is 287 g/mol. The number of hydrogen-bond acceptors (Lipinski definition) is 3. The van der Waals surface area contributed by atoms with Crippen molar-refractivity contribution < 1.29 is 0 Å². The van der Waals surface area contributed by atoms with Gasteiger partial charge in [0, 0.05) is 35.8 Å². The van der Waals surface area contributed by atoms with Gasteiger partial charge in [0.1, 0.15) is 6.07 Å². The topological polar surface area (TPSA) is 44.9 Å². The van der Waals surface area contributed by atoms with Crippen molar-refractivity contribution in [2.75, 3.05) is 13.6 Å². The molecule has 1 aromatic carbocycles. The second-order valence-electron chi connectivity index (χ2n) is 5.16. The van der Waals surface area contributed by atoms with Crippen molar-refractivity contribution in [2.24, 2.45) is 0 Å². The lowest BCUT2D eigenvalue weighted by molar-refractivity contribution is 0.308. The van der Waals surface area contributed by atoms with E-state index < -0.39 is 0 Å². The molecule has 0 radical (unpaired) electrons. The Hall–Kier alpha value is -1.83. The monoisotopic (exact) mass is 286 g/mol. The van der Waals surface area contributed by atoms with Crippen molar-refractivity contribution in [2.45, 2.75) is 19.5 Å². The summed E-state index contributed by atoms with van der Waals surface area (Å²) in [5.74, 6) is 0. The first kappa shape index (κ1) is 13.2. The first-order chi connectivity index (χ1) is 9.67. The van der Waals surface area contributed by atoms with E-state index in [-0.39, 0.29) is 0 Å².